The third-order valence-electron chi connectivity index (χ3n) is 2.90. The molecule has 6 heteroatoms. The number of amides is 2. The van der Waals surface area contributed by atoms with Gasteiger partial charge in [-0.25, -0.2) is 0 Å². The van der Waals surface area contributed by atoms with Crippen molar-refractivity contribution < 1.29 is 9.59 Å². The van der Waals surface area contributed by atoms with Crippen LogP contribution in [0.5, 0.6) is 0 Å². The van der Waals surface area contributed by atoms with Crippen LogP contribution in [0.4, 0.5) is 5.69 Å². The van der Waals surface area contributed by atoms with Gasteiger partial charge >= 0.3 is 0 Å². The first-order chi connectivity index (χ1) is 11.0. The van der Waals surface area contributed by atoms with E-state index in [0.29, 0.717) is 21.8 Å². The van der Waals surface area contributed by atoms with Gasteiger partial charge in [0.05, 0.1) is 12.1 Å². The first kappa shape index (κ1) is 17.3. The molecule has 0 atom stereocenters. The Kier molecular flexibility index (Phi) is 6.02. The number of hydrogen-bond acceptors (Lipinski definition) is 2. The van der Waals surface area contributed by atoms with E-state index in [1.807, 2.05) is 22.6 Å². The summed E-state index contributed by atoms with van der Waals surface area (Å²) in [5.74, 6) is 1.79. The first-order valence-electron chi connectivity index (χ1n) is 6.59. The fraction of sp³-hybridized carbons (Fsp3) is 0.0588. The number of hydrogen-bond donors (Lipinski definition) is 2. The third-order valence-corrected chi connectivity index (χ3v) is 4.07. The fourth-order valence-electron chi connectivity index (χ4n) is 1.82. The Morgan fingerprint density at radius 2 is 2.00 bits per heavy atom. The summed E-state index contributed by atoms with van der Waals surface area (Å²) in [5, 5.41) is 5.70. The van der Waals surface area contributed by atoms with Crippen LogP contribution in [0.3, 0.4) is 0 Å². The predicted molar refractivity (Wildman–Crippen MR) is 99.5 cm³/mol. The van der Waals surface area contributed by atoms with Crippen molar-refractivity contribution in [3.63, 3.8) is 0 Å². The zero-order valence-electron chi connectivity index (χ0n) is 11.9. The topological polar surface area (TPSA) is 58.2 Å². The number of halogens is 2. The number of nitrogens with one attached hydrogen (secondary N) is 2. The lowest BCUT2D eigenvalue weighted by Crippen LogP contribution is -2.33. The molecule has 4 nitrogen and oxygen atoms in total. The minimum absolute atomic E-state index is 0.151. The van der Waals surface area contributed by atoms with E-state index in [4.69, 9.17) is 18.0 Å². The smallest absolute Gasteiger partial charge is 0.252 e. The van der Waals surface area contributed by atoms with Gasteiger partial charge in [-0.1, -0.05) is 23.6 Å². The number of carbonyl (C=O) groups is 2. The average Bonchev–Trinajstić information content (AvgIpc) is 2.55. The predicted octanol–water partition coefficient (Wildman–Crippen LogP) is 3.29. The van der Waals surface area contributed by atoms with Crippen molar-refractivity contribution in [2.24, 2.45) is 0 Å². The lowest BCUT2D eigenvalue weighted by Gasteiger charge is -2.08. The lowest BCUT2D eigenvalue weighted by atomic mass is 10.2. The van der Waals surface area contributed by atoms with Crippen LogP contribution in [0.1, 0.15) is 15.9 Å². The van der Waals surface area contributed by atoms with Gasteiger partial charge in [-0.2, -0.15) is 0 Å². The molecule has 23 heavy (non-hydrogen) atoms. The van der Waals surface area contributed by atoms with Crippen molar-refractivity contribution in [3.05, 3.63) is 62.2 Å². The molecule has 0 saturated heterocycles. The number of terminal acetylenes is 1. The molecule has 0 aromatic heterocycles. The number of rotatable bonds is 4. The highest BCUT2D eigenvalue weighted by Crippen LogP contribution is 2.17. The zero-order chi connectivity index (χ0) is 16.8. The Hall–Kier alpha value is -2.04. The molecular formula is C17H12ClIN2O2. The second-order valence-corrected chi connectivity index (χ2v) is 6.18. The summed E-state index contributed by atoms with van der Waals surface area (Å²) >= 11 is 7.92. The van der Waals surface area contributed by atoms with Crippen molar-refractivity contribution >= 4 is 51.7 Å². The van der Waals surface area contributed by atoms with E-state index in [1.165, 1.54) is 0 Å². The standard InChI is InChI=1S/C17H12ClIN2O2/c1-2-11-4-3-5-13(8-11)21-16(22)10-20-17(23)14-9-12(18)6-7-15(14)19/h1,3-9H,10H2,(H,20,23)(H,21,22). The molecule has 2 N–H and O–H groups in total. The molecule has 116 valence electrons. The summed E-state index contributed by atoms with van der Waals surface area (Å²) in [6, 6.07) is 11.9. The van der Waals surface area contributed by atoms with E-state index in [2.05, 4.69) is 16.6 Å². The minimum atomic E-state index is -0.357. The highest BCUT2D eigenvalue weighted by molar-refractivity contribution is 14.1. The van der Waals surface area contributed by atoms with Gasteiger partial charge in [0.25, 0.3) is 5.91 Å². The molecule has 0 unspecified atom stereocenters. The molecule has 0 saturated carbocycles. The molecule has 2 rings (SSSR count). The summed E-state index contributed by atoms with van der Waals surface area (Å²) in [7, 11) is 0. The van der Waals surface area contributed by atoms with Gasteiger partial charge in [-0.15, -0.1) is 6.42 Å². The van der Waals surface area contributed by atoms with E-state index >= 15 is 0 Å². The lowest BCUT2D eigenvalue weighted by molar-refractivity contribution is -0.115. The maximum absolute atomic E-state index is 12.1. The molecule has 0 spiro atoms. The monoisotopic (exact) mass is 438 g/mol. The molecule has 2 aromatic rings. The highest BCUT2D eigenvalue weighted by atomic mass is 127. The number of carbonyl (C=O) groups excluding carboxylic acids is 2. The van der Waals surface area contributed by atoms with Gasteiger partial charge in [0, 0.05) is 19.8 Å². The van der Waals surface area contributed by atoms with Crippen LogP contribution in [0.2, 0.25) is 5.02 Å². The third kappa shape index (κ3) is 4.98. The van der Waals surface area contributed by atoms with Crippen LogP contribution in [0.15, 0.2) is 42.5 Å². The Morgan fingerprint density at radius 1 is 1.22 bits per heavy atom. The van der Waals surface area contributed by atoms with Crippen LogP contribution in [-0.2, 0) is 4.79 Å². The quantitative estimate of drug-likeness (QED) is 0.568. The highest BCUT2D eigenvalue weighted by Gasteiger charge is 2.12. The van der Waals surface area contributed by atoms with E-state index in [1.54, 1.807) is 42.5 Å². The summed E-state index contributed by atoms with van der Waals surface area (Å²) < 4.78 is 0.756. The van der Waals surface area contributed by atoms with Gasteiger partial charge in [0.15, 0.2) is 0 Å². The van der Waals surface area contributed by atoms with E-state index < -0.39 is 0 Å². The van der Waals surface area contributed by atoms with Crippen LogP contribution >= 0.6 is 34.2 Å². The Labute approximate surface area is 152 Å². The van der Waals surface area contributed by atoms with Crippen LogP contribution < -0.4 is 10.6 Å². The molecule has 0 aliphatic heterocycles. The molecular weight excluding hydrogens is 427 g/mol. The van der Waals surface area contributed by atoms with E-state index in [9.17, 15) is 9.59 Å². The van der Waals surface area contributed by atoms with Crippen molar-refractivity contribution in [1.29, 1.82) is 0 Å². The normalized spacial score (nSPS) is 9.78. The summed E-state index contributed by atoms with van der Waals surface area (Å²) in [6.45, 7) is -0.151. The Balaban J connectivity index is 1.95. The van der Waals surface area contributed by atoms with Crippen LogP contribution in [-0.4, -0.2) is 18.4 Å². The molecule has 2 amide bonds. The van der Waals surface area contributed by atoms with Gasteiger partial charge in [0.1, 0.15) is 0 Å². The molecule has 2 aromatic carbocycles. The second-order valence-electron chi connectivity index (χ2n) is 4.58. The van der Waals surface area contributed by atoms with Crippen LogP contribution in [0.25, 0.3) is 0 Å². The van der Waals surface area contributed by atoms with Crippen molar-refractivity contribution in [2.75, 3.05) is 11.9 Å². The Bertz CT molecular complexity index is 799. The minimum Gasteiger partial charge on any atom is -0.343 e. The van der Waals surface area contributed by atoms with E-state index in [0.717, 1.165) is 3.57 Å². The number of anilines is 1. The average molecular weight is 439 g/mol. The second kappa shape index (κ2) is 7.99. The van der Waals surface area contributed by atoms with Crippen molar-refractivity contribution in [2.45, 2.75) is 0 Å². The molecule has 0 fully saturated rings. The number of benzene rings is 2. The van der Waals surface area contributed by atoms with Crippen molar-refractivity contribution in [1.82, 2.24) is 5.32 Å². The van der Waals surface area contributed by atoms with E-state index in [-0.39, 0.29) is 18.4 Å². The zero-order valence-corrected chi connectivity index (χ0v) is 14.8. The SMILES string of the molecule is C#Cc1cccc(NC(=O)CNC(=O)c2cc(Cl)ccc2I)c1. The summed E-state index contributed by atoms with van der Waals surface area (Å²) in [5.41, 5.74) is 1.68. The maximum atomic E-state index is 12.1. The summed E-state index contributed by atoms with van der Waals surface area (Å²) in [4.78, 5) is 24.0. The van der Waals surface area contributed by atoms with Crippen LogP contribution in [0, 0.1) is 15.9 Å². The molecule has 0 heterocycles. The van der Waals surface area contributed by atoms with Gasteiger partial charge in [-0.3, -0.25) is 9.59 Å². The molecule has 0 radical (unpaired) electrons. The molecule has 0 aliphatic carbocycles. The summed E-state index contributed by atoms with van der Waals surface area (Å²) in [6.07, 6.45) is 5.31. The Morgan fingerprint density at radius 3 is 2.74 bits per heavy atom. The maximum Gasteiger partial charge on any atom is 0.252 e. The van der Waals surface area contributed by atoms with Gasteiger partial charge < -0.3 is 10.6 Å². The first-order valence-corrected chi connectivity index (χ1v) is 8.05. The van der Waals surface area contributed by atoms with Crippen molar-refractivity contribution in [3.8, 4) is 12.3 Å². The molecule has 0 aliphatic rings. The molecule has 0 bridgehead atoms. The fourth-order valence-corrected chi connectivity index (χ4v) is 2.57. The van der Waals surface area contributed by atoms with Gasteiger partial charge in [0.2, 0.25) is 5.91 Å². The van der Waals surface area contributed by atoms with Gasteiger partial charge in [-0.05, 0) is 59.0 Å². The largest absolute Gasteiger partial charge is 0.343 e.